The average Bonchev–Trinajstić information content (AvgIpc) is 2.42. The molecular formula is C7H3BrN4O. The maximum Gasteiger partial charge on any atom is 0.261 e. The number of H-pyrrole nitrogens is 2. The highest BCUT2D eigenvalue weighted by atomic mass is 79.9. The van der Waals surface area contributed by atoms with Gasteiger partial charge in [0, 0.05) is 0 Å². The van der Waals surface area contributed by atoms with E-state index in [9.17, 15) is 4.79 Å². The number of nitriles is 1. The monoisotopic (exact) mass is 238 g/mol. The van der Waals surface area contributed by atoms with Crippen LogP contribution in [0.1, 0.15) is 5.56 Å². The van der Waals surface area contributed by atoms with Crippen molar-refractivity contribution in [2.75, 3.05) is 0 Å². The Labute approximate surface area is 80.5 Å². The van der Waals surface area contributed by atoms with E-state index < -0.39 is 0 Å². The number of aromatic nitrogens is 3. The summed E-state index contributed by atoms with van der Waals surface area (Å²) in [5.74, 6) is 0. The lowest BCUT2D eigenvalue weighted by Crippen LogP contribution is -2.05. The van der Waals surface area contributed by atoms with Gasteiger partial charge in [0.2, 0.25) is 0 Å². The molecule has 0 saturated carbocycles. The number of rotatable bonds is 0. The van der Waals surface area contributed by atoms with Crippen molar-refractivity contribution in [2.45, 2.75) is 0 Å². The molecule has 2 rings (SSSR count). The predicted octanol–water partition coefficient (Wildman–Crippen LogP) is 0.885. The molecule has 0 amide bonds. The molecule has 2 aromatic heterocycles. The van der Waals surface area contributed by atoms with Crippen molar-refractivity contribution in [1.82, 2.24) is 15.0 Å². The first-order chi connectivity index (χ1) is 6.24. The van der Waals surface area contributed by atoms with Gasteiger partial charge in [-0.25, -0.2) is 4.98 Å². The quantitative estimate of drug-likeness (QED) is 0.715. The van der Waals surface area contributed by atoms with Gasteiger partial charge >= 0.3 is 0 Å². The maximum absolute atomic E-state index is 11.3. The standard InChI is InChI=1S/C7H3BrN4O/c8-5-3(1-9)4-6(12-5)10-2-11-7(4)13/h2H,(H2,10,11,12,13). The molecule has 0 fully saturated rings. The Hall–Kier alpha value is -1.61. The molecule has 13 heavy (non-hydrogen) atoms. The summed E-state index contributed by atoms with van der Waals surface area (Å²) in [5, 5.41) is 9.04. The van der Waals surface area contributed by atoms with Crippen LogP contribution in [0.25, 0.3) is 11.0 Å². The fourth-order valence-corrected chi connectivity index (χ4v) is 1.58. The molecule has 0 aromatic carbocycles. The van der Waals surface area contributed by atoms with Crippen LogP contribution in [0.2, 0.25) is 0 Å². The second-order valence-corrected chi connectivity index (χ2v) is 3.17. The molecule has 64 valence electrons. The molecule has 0 aliphatic rings. The first kappa shape index (κ1) is 8.01. The van der Waals surface area contributed by atoms with Gasteiger partial charge in [0.1, 0.15) is 21.7 Å². The molecule has 2 aromatic rings. The highest BCUT2D eigenvalue weighted by Gasteiger charge is 2.12. The van der Waals surface area contributed by atoms with Gasteiger partial charge in [0.15, 0.2) is 0 Å². The summed E-state index contributed by atoms with van der Waals surface area (Å²) in [6.07, 6.45) is 1.29. The lowest BCUT2D eigenvalue weighted by Gasteiger charge is -1.85. The van der Waals surface area contributed by atoms with Crippen LogP contribution in [0.15, 0.2) is 15.7 Å². The van der Waals surface area contributed by atoms with Gasteiger partial charge in [-0.15, -0.1) is 0 Å². The van der Waals surface area contributed by atoms with Crippen LogP contribution < -0.4 is 5.56 Å². The lowest BCUT2D eigenvalue weighted by atomic mass is 10.3. The van der Waals surface area contributed by atoms with Crippen molar-refractivity contribution < 1.29 is 0 Å². The summed E-state index contributed by atoms with van der Waals surface area (Å²) >= 11 is 3.13. The molecule has 0 atom stereocenters. The third-order valence-electron chi connectivity index (χ3n) is 1.66. The van der Waals surface area contributed by atoms with Crippen molar-refractivity contribution >= 4 is 27.0 Å². The first-order valence-corrected chi connectivity index (χ1v) is 4.18. The van der Waals surface area contributed by atoms with E-state index in [-0.39, 0.29) is 16.5 Å². The van der Waals surface area contributed by atoms with Gasteiger partial charge in [0.05, 0.1) is 11.9 Å². The van der Waals surface area contributed by atoms with E-state index in [1.165, 1.54) is 6.33 Å². The number of fused-ring (bicyclic) bond motifs is 1. The van der Waals surface area contributed by atoms with Crippen molar-refractivity contribution in [1.29, 1.82) is 5.26 Å². The Morgan fingerprint density at radius 1 is 1.62 bits per heavy atom. The number of nitrogens with one attached hydrogen (secondary N) is 2. The molecule has 0 spiro atoms. The van der Waals surface area contributed by atoms with Crippen LogP contribution in [-0.4, -0.2) is 15.0 Å². The first-order valence-electron chi connectivity index (χ1n) is 3.39. The fraction of sp³-hybridized carbons (Fsp3) is 0. The van der Waals surface area contributed by atoms with Crippen LogP contribution >= 0.6 is 15.9 Å². The van der Waals surface area contributed by atoms with Crippen molar-refractivity contribution in [3.8, 4) is 6.07 Å². The zero-order valence-corrected chi connectivity index (χ0v) is 7.84. The minimum Gasteiger partial charge on any atom is -0.333 e. The normalized spacial score (nSPS) is 10.2. The highest BCUT2D eigenvalue weighted by molar-refractivity contribution is 9.10. The minimum absolute atomic E-state index is 0.282. The smallest absolute Gasteiger partial charge is 0.261 e. The van der Waals surface area contributed by atoms with E-state index in [1.54, 1.807) is 0 Å². The molecule has 2 heterocycles. The van der Waals surface area contributed by atoms with Gasteiger partial charge in [0.25, 0.3) is 5.56 Å². The number of halogens is 1. The summed E-state index contributed by atoms with van der Waals surface area (Å²) in [6.45, 7) is 0. The van der Waals surface area contributed by atoms with Crippen LogP contribution in [0, 0.1) is 11.3 Å². The molecule has 0 radical (unpaired) electrons. The van der Waals surface area contributed by atoms with Crippen LogP contribution in [0.5, 0.6) is 0 Å². The van der Waals surface area contributed by atoms with E-state index in [0.717, 1.165) is 0 Å². The van der Waals surface area contributed by atoms with Gasteiger partial charge in [-0.1, -0.05) is 0 Å². The molecule has 0 unspecified atom stereocenters. The summed E-state index contributed by atoms with van der Waals surface area (Å²) in [7, 11) is 0. The summed E-state index contributed by atoms with van der Waals surface area (Å²) < 4.78 is 0.481. The molecule has 0 bridgehead atoms. The molecule has 0 aliphatic heterocycles. The zero-order chi connectivity index (χ0) is 9.42. The number of aromatic amines is 2. The average molecular weight is 239 g/mol. The van der Waals surface area contributed by atoms with Crippen LogP contribution in [-0.2, 0) is 0 Å². The van der Waals surface area contributed by atoms with E-state index in [2.05, 4.69) is 30.9 Å². The van der Waals surface area contributed by atoms with E-state index in [0.29, 0.717) is 10.3 Å². The van der Waals surface area contributed by atoms with Crippen molar-refractivity contribution in [3.05, 3.63) is 26.8 Å². The summed E-state index contributed by atoms with van der Waals surface area (Å²) in [5.41, 5.74) is 0.375. The van der Waals surface area contributed by atoms with Crippen molar-refractivity contribution in [2.24, 2.45) is 0 Å². The summed E-state index contributed by atoms with van der Waals surface area (Å²) in [6, 6.07) is 1.92. The zero-order valence-electron chi connectivity index (χ0n) is 6.26. The van der Waals surface area contributed by atoms with Gasteiger partial charge in [-0.2, -0.15) is 5.26 Å². The predicted molar refractivity (Wildman–Crippen MR) is 49.1 cm³/mol. The third kappa shape index (κ3) is 1.05. The second kappa shape index (κ2) is 2.71. The Morgan fingerprint density at radius 3 is 3.08 bits per heavy atom. The Kier molecular flexibility index (Phi) is 1.67. The van der Waals surface area contributed by atoms with Crippen LogP contribution in [0.4, 0.5) is 0 Å². The Bertz CT molecular complexity index is 562. The molecule has 0 aliphatic carbocycles. The van der Waals surface area contributed by atoms with Gasteiger partial charge in [-0.05, 0) is 15.9 Å². The number of hydrogen-bond donors (Lipinski definition) is 2. The van der Waals surface area contributed by atoms with E-state index >= 15 is 0 Å². The third-order valence-corrected chi connectivity index (χ3v) is 2.26. The Balaban J connectivity index is 3.08. The van der Waals surface area contributed by atoms with E-state index in [4.69, 9.17) is 5.26 Å². The molecule has 5 nitrogen and oxygen atoms in total. The molecule has 6 heteroatoms. The van der Waals surface area contributed by atoms with Gasteiger partial charge < -0.3 is 9.97 Å². The summed E-state index contributed by atoms with van der Waals surface area (Å²) in [4.78, 5) is 20.3. The van der Waals surface area contributed by atoms with Crippen LogP contribution in [0.3, 0.4) is 0 Å². The molecular weight excluding hydrogens is 236 g/mol. The Morgan fingerprint density at radius 2 is 2.38 bits per heavy atom. The largest absolute Gasteiger partial charge is 0.333 e. The second-order valence-electron chi connectivity index (χ2n) is 2.38. The number of nitrogens with zero attached hydrogens (tertiary/aromatic N) is 2. The molecule has 0 saturated heterocycles. The van der Waals surface area contributed by atoms with E-state index in [1.807, 2.05) is 6.07 Å². The highest BCUT2D eigenvalue weighted by Crippen LogP contribution is 2.20. The lowest BCUT2D eigenvalue weighted by molar-refractivity contribution is 1.16. The SMILES string of the molecule is N#Cc1c(Br)[nH]c2nc[nH]c(=O)c12. The van der Waals surface area contributed by atoms with Crippen molar-refractivity contribution in [3.63, 3.8) is 0 Å². The fourth-order valence-electron chi connectivity index (χ4n) is 1.11. The topological polar surface area (TPSA) is 85.3 Å². The molecule has 2 N–H and O–H groups in total. The number of hydrogen-bond acceptors (Lipinski definition) is 3. The maximum atomic E-state index is 11.3. The van der Waals surface area contributed by atoms with Gasteiger partial charge in [-0.3, -0.25) is 4.79 Å². The minimum atomic E-state index is -0.316.